The second-order valence-electron chi connectivity index (χ2n) is 7.81. The van der Waals surface area contributed by atoms with Crippen LogP contribution in [0.15, 0.2) is 90.1 Å². The Hall–Kier alpha value is -3.37. The quantitative estimate of drug-likeness (QED) is 0.473. The van der Waals surface area contributed by atoms with E-state index in [1.54, 1.807) is 29.2 Å². The minimum absolute atomic E-state index is 0. The largest absolute Gasteiger partial charge is 0.357 e. The number of hydrogen-bond donors (Lipinski definition) is 1. The molecular formula is C27H25ClN2O2. The number of nitrogens with zero attached hydrogens (tertiary/aromatic N) is 1. The first-order valence-electron chi connectivity index (χ1n) is 10.4. The highest BCUT2D eigenvalue weighted by Crippen LogP contribution is 2.45. The molecule has 3 aromatic rings. The van der Waals surface area contributed by atoms with Gasteiger partial charge in [0.15, 0.2) is 5.78 Å². The van der Waals surface area contributed by atoms with Crippen molar-refractivity contribution in [2.45, 2.75) is 32.7 Å². The van der Waals surface area contributed by atoms with E-state index in [1.165, 1.54) is 0 Å². The van der Waals surface area contributed by atoms with Crippen LogP contribution >= 0.6 is 11.6 Å². The second kappa shape index (κ2) is 9.01. The molecule has 0 radical (unpaired) electrons. The summed E-state index contributed by atoms with van der Waals surface area (Å²) in [6, 6.07) is 23.9. The van der Waals surface area contributed by atoms with Gasteiger partial charge in [0.25, 0.3) is 5.91 Å². The fraction of sp³-hybridized carbons (Fsp3) is 0.185. The number of nitrogens with one attached hydrogen (secondary N) is 1. The Kier molecular flexibility index (Phi) is 6.15. The number of fused-ring (bicyclic) bond motifs is 1. The third kappa shape index (κ3) is 3.82. The molecule has 1 heterocycles. The topological polar surface area (TPSA) is 49.4 Å². The van der Waals surface area contributed by atoms with Crippen LogP contribution in [0.4, 0.5) is 11.4 Å². The molecule has 0 fully saturated rings. The highest BCUT2D eigenvalue weighted by Gasteiger charge is 2.39. The zero-order valence-electron chi connectivity index (χ0n) is 16.8. The predicted molar refractivity (Wildman–Crippen MR) is 130 cm³/mol. The number of hydrogen-bond acceptors (Lipinski definition) is 3. The molecule has 162 valence electrons. The predicted octanol–water partition coefficient (Wildman–Crippen LogP) is 6.80. The lowest BCUT2D eigenvalue weighted by molar-refractivity contribution is -0.116. The summed E-state index contributed by atoms with van der Waals surface area (Å²) in [4.78, 5) is 28.9. The Bertz CT molecular complexity index is 1190. The van der Waals surface area contributed by atoms with E-state index in [-0.39, 0.29) is 19.1 Å². The molecule has 32 heavy (non-hydrogen) atoms. The minimum Gasteiger partial charge on any atom is -0.357 e. The maximum Gasteiger partial charge on any atom is 0.259 e. The molecule has 0 saturated heterocycles. The van der Waals surface area contributed by atoms with Gasteiger partial charge in [-0.25, -0.2) is 0 Å². The first-order valence-corrected chi connectivity index (χ1v) is 10.8. The van der Waals surface area contributed by atoms with Crippen molar-refractivity contribution in [1.82, 2.24) is 0 Å². The number of anilines is 2. The molecule has 0 spiro atoms. The van der Waals surface area contributed by atoms with Gasteiger partial charge in [-0.2, -0.15) is 0 Å². The molecule has 5 rings (SSSR count). The van der Waals surface area contributed by atoms with Crippen molar-refractivity contribution in [2.75, 3.05) is 10.2 Å². The lowest BCUT2D eigenvalue weighted by Gasteiger charge is -2.34. The van der Waals surface area contributed by atoms with Gasteiger partial charge in [-0.15, -0.1) is 0 Å². The molecule has 0 aromatic heterocycles. The van der Waals surface area contributed by atoms with Crippen molar-refractivity contribution < 1.29 is 9.59 Å². The molecule has 1 atom stereocenters. The van der Waals surface area contributed by atoms with Gasteiger partial charge in [0.05, 0.1) is 17.4 Å². The van der Waals surface area contributed by atoms with Gasteiger partial charge in [0.1, 0.15) is 0 Å². The van der Waals surface area contributed by atoms with E-state index in [1.807, 2.05) is 54.6 Å². The number of carbonyl (C=O) groups is 2. The van der Waals surface area contributed by atoms with Gasteiger partial charge in [-0.3, -0.25) is 14.5 Å². The molecule has 0 bridgehead atoms. The number of rotatable bonds is 2. The van der Waals surface area contributed by atoms with Gasteiger partial charge in [0.2, 0.25) is 0 Å². The third-order valence-electron chi connectivity index (χ3n) is 5.86. The SMILES string of the molecule is C.O=C1CCCC2=C1C(c1ccccc1)N(C(=O)c1ccc(Cl)cc1)c1ccccc1N2. The van der Waals surface area contributed by atoms with Gasteiger partial charge in [0, 0.05) is 28.3 Å². The van der Waals surface area contributed by atoms with Crippen molar-refractivity contribution in [3.8, 4) is 0 Å². The zero-order valence-corrected chi connectivity index (χ0v) is 17.6. The van der Waals surface area contributed by atoms with Crippen molar-refractivity contribution in [3.63, 3.8) is 0 Å². The summed E-state index contributed by atoms with van der Waals surface area (Å²) in [5.41, 5.74) is 4.59. The van der Waals surface area contributed by atoms with Crippen LogP contribution in [0, 0.1) is 0 Å². The van der Waals surface area contributed by atoms with E-state index >= 15 is 0 Å². The Balaban J connectivity index is 0.00000245. The molecule has 4 nitrogen and oxygen atoms in total. The average molecular weight is 445 g/mol. The normalized spacial score (nSPS) is 17.5. The van der Waals surface area contributed by atoms with Crippen LogP contribution in [-0.2, 0) is 4.79 Å². The van der Waals surface area contributed by atoms with Crippen LogP contribution in [0.5, 0.6) is 0 Å². The number of carbonyl (C=O) groups excluding carboxylic acids is 2. The fourth-order valence-electron chi connectivity index (χ4n) is 4.44. The summed E-state index contributed by atoms with van der Waals surface area (Å²) in [5, 5.41) is 4.05. The van der Waals surface area contributed by atoms with Crippen LogP contribution in [-0.4, -0.2) is 11.7 Å². The Morgan fingerprint density at radius 3 is 2.34 bits per heavy atom. The molecule has 1 amide bonds. The number of ketones is 1. The monoisotopic (exact) mass is 444 g/mol. The number of allylic oxidation sites excluding steroid dienone is 1. The van der Waals surface area contributed by atoms with Gasteiger partial charge in [-0.1, -0.05) is 61.5 Å². The van der Waals surface area contributed by atoms with Gasteiger partial charge in [-0.05, 0) is 54.8 Å². The summed E-state index contributed by atoms with van der Waals surface area (Å²) in [5.74, 6) is -0.0868. The Morgan fingerprint density at radius 2 is 1.59 bits per heavy atom. The lowest BCUT2D eigenvalue weighted by atomic mass is 9.85. The van der Waals surface area contributed by atoms with E-state index < -0.39 is 6.04 Å². The number of para-hydroxylation sites is 2. The van der Waals surface area contributed by atoms with Crippen LogP contribution in [0.2, 0.25) is 5.02 Å². The number of amides is 1. The molecule has 1 aliphatic carbocycles. The molecule has 5 heteroatoms. The molecular weight excluding hydrogens is 420 g/mol. The van der Waals surface area contributed by atoms with Crippen molar-refractivity contribution in [1.29, 1.82) is 0 Å². The van der Waals surface area contributed by atoms with E-state index in [4.69, 9.17) is 11.6 Å². The van der Waals surface area contributed by atoms with E-state index in [0.717, 1.165) is 35.5 Å². The van der Waals surface area contributed by atoms with Crippen LogP contribution in [0.25, 0.3) is 0 Å². The Labute approximate surface area is 193 Å². The number of benzene rings is 3. The van der Waals surface area contributed by atoms with Crippen LogP contribution in [0.3, 0.4) is 0 Å². The molecule has 0 saturated carbocycles. The first kappa shape index (κ1) is 21.8. The first-order chi connectivity index (χ1) is 15.1. The summed E-state index contributed by atoms with van der Waals surface area (Å²) >= 11 is 6.06. The fourth-order valence-corrected chi connectivity index (χ4v) is 4.57. The lowest BCUT2D eigenvalue weighted by Crippen LogP contribution is -2.38. The average Bonchev–Trinajstić information content (AvgIpc) is 2.95. The molecule has 2 aliphatic rings. The molecule has 1 N–H and O–H groups in total. The van der Waals surface area contributed by atoms with Crippen molar-refractivity contribution in [3.05, 3.63) is 106 Å². The minimum atomic E-state index is -0.511. The zero-order chi connectivity index (χ0) is 21.4. The van der Waals surface area contributed by atoms with E-state index in [0.29, 0.717) is 22.6 Å². The van der Waals surface area contributed by atoms with Crippen LogP contribution < -0.4 is 10.2 Å². The van der Waals surface area contributed by atoms with Gasteiger partial charge < -0.3 is 5.32 Å². The third-order valence-corrected chi connectivity index (χ3v) is 6.11. The number of halogens is 1. The summed E-state index contributed by atoms with van der Waals surface area (Å²) in [6.07, 6.45) is 2.07. The standard InChI is InChI=1S/C26H21ClN2O2.CH4/c27-19-15-13-18(14-16-19)26(31)29-22-11-5-4-9-20(22)28-21-10-6-12-23(30)24(21)25(29)17-7-2-1-3-8-17;/h1-5,7-9,11,13-16,25,28H,6,10,12H2;1H4. The highest BCUT2D eigenvalue weighted by atomic mass is 35.5. The number of Topliss-reactive ketones (excluding diaryl/α,β-unsaturated/α-hetero) is 1. The Morgan fingerprint density at radius 1 is 0.906 bits per heavy atom. The second-order valence-corrected chi connectivity index (χ2v) is 8.24. The molecule has 1 unspecified atom stereocenters. The van der Waals surface area contributed by atoms with E-state index in [2.05, 4.69) is 5.32 Å². The molecule has 3 aromatic carbocycles. The summed E-state index contributed by atoms with van der Waals surface area (Å²) in [7, 11) is 0. The van der Waals surface area contributed by atoms with Crippen molar-refractivity contribution >= 4 is 34.7 Å². The maximum absolute atomic E-state index is 13.9. The maximum atomic E-state index is 13.9. The van der Waals surface area contributed by atoms with Crippen LogP contribution in [0.1, 0.15) is 48.7 Å². The summed E-state index contributed by atoms with van der Waals surface area (Å²) in [6.45, 7) is 0. The summed E-state index contributed by atoms with van der Waals surface area (Å²) < 4.78 is 0. The van der Waals surface area contributed by atoms with E-state index in [9.17, 15) is 9.59 Å². The van der Waals surface area contributed by atoms with Crippen molar-refractivity contribution in [2.24, 2.45) is 0 Å². The highest BCUT2D eigenvalue weighted by molar-refractivity contribution is 6.30. The molecule has 1 aliphatic heterocycles. The smallest absolute Gasteiger partial charge is 0.259 e. The van der Waals surface area contributed by atoms with Gasteiger partial charge >= 0.3 is 0 Å².